The number of carboxylic acid groups (broad SMARTS) is 1. The smallest absolute Gasteiger partial charge is 0.305 e. The van der Waals surface area contributed by atoms with Crippen LogP contribution in [0.3, 0.4) is 0 Å². The standard InChI is InChI=1S/C15H18ClNO3/c1-2-3-7-14(18)17-13(10-15(19)20)9-11-5-4-6-12(16)8-11/h2,4-6,8,13H,1,3,7,9-10H2,(H,17,18)(H,19,20)/t13-/m1/s1. The van der Waals surface area contributed by atoms with Gasteiger partial charge in [0.1, 0.15) is 0 Å². The summed E-state index contributed by atoms with van der Waals surface area (Å²) in [5, 5.41) is 12.2. The summed E-state index contributed by atoms with van der Waals surface area (Å²) < 4.78 is 0. The quantitative estimate of drug-likeness (QED) is 0.725. The molecule has 1 aromatic rings. The lowest BCUT2D eigenvalue weighted by atomic mass is 10.0. The fourth-order valence-corrected chi connectivity index (χ4v) is 2.08. The Bertz CT molecular complexity index is 488. The summed E-state index contributed by atoms with van der Waals surface area (Å²) in [5.74, 6) is -1.11. The van der Waals surface area contributed by atoms with Gasteiger partial charge in [0.15, 0.2) is 0 Å². The van der Waals surface area contributed by atoms with Crippen LogP contribution in [0, 0.1) is 0 Å². The molecule has 0 aliphatic carbocycles. The van der Waals surface area contributed by atoms with Crippen molar-refractivity contribution in [3.63, 3.8) is 0 Å². The second-order valence-corrected chi connectivity index (χ2v) is 4.96. The number of aliphatic carboxylic acids is 1. The summed E-state index contributed by atoms with van der Waals surface area (Å²) in [6.45, 7) is 3.55. The van der Waals surface area contributed by atoms with E-state index in [2.05, 4.69) is 11.9 Å². The molecule has 0 unspecified atom stereocenters. The topological polar surface area (TPSA) is 66.4 Å². The molecule has 0 aromatic heterocycles. The van der Waals surface area contributed by atoms with Crippen molar-refractivity contribution in [3.8, 4) is 0 Å². The lowest BCUT2D eigenvalue weighted by molar-refractivity contribution is -0.137. The Kier molecular flexibility index (Phi) is 6.81. The molecule has 0 bridgehead atoms. The van der Waals surface area contributed by atoms with Gasteiger partial charge in [0.25, 0.3) is 0 Å². The highest BCUT2D eigenvalue weighted by Gasteiger charge is 2.16. The Morgan fingerprint density at radius 3 is 2.80 bits per heavy atom. The highest BCUT2D eigenvalue weighted by Crippen LogP contribution is 2.13. The monoisotopic (exact) mass is 295 g/mol. The van der Waals surface area contributed by atoms with Crippen LogP contribution in [0.25, 0.3) is 0 Å². The first-order valence-corrected chi connectivity index (χ1v) is 6.75. The lowest BCUT2D eigenvalue weighted by Crippen LogP contribution is -2.37. The van der Waals surface area contributed by atoms with Gasteiger partial charge in [-0.05, 0) is 30.5 Å². The number of hydrogen-bond donors (Lipinski definition) is 2. The van der Waals surface area contributed by atoms with E-state index in [1.54, 1.807) is 24.3 Å². The maximum atomic E-state index is 11.7. The molecule has 0 heterocycles. The minimum absolute atomic E-state index is 0.119. The molecule has 1 aromatic carbocycles. The van der Waals surface area contributed by atoms with Crippen LogP contribution >= 0.6 is 11.6 Å². The van der Waals surface area contributed by atoms with Gasteiger partial charge < -0.3 is 10.4 Å². The maximum Gasteiger partial charge on any atom is 0.305 e. The molecular formula is C15H18ClNO3. The second-order valence-electron chi connectivity index (χ2n) is 4.52. The second kappa shape index (κ2) is 8.38. The number of allylic oxidation sites excluding steroid dienone is 1. The van der Waals surface area contributed by atoms with E-state index < -0.39 is 12.0 Å². The van der Waals surface area contributed by atoms with Crippen molar-refractivity contribution in [3.05, 3.63) is 47.5 Å². The third kappa shape index (κ3) is 6.38. The Morgan fingerprint density at radius 1 is 1.45 bits per heavy atom. The molecule has 2 N–H and O–H groups in total. The third-order valence-electron chi connectivity index (χ3n) is 2.73. The molecule has 1 atom stereocenters. The van der Waals surface area contributed by atoms with Crippen LogP contribution in [0.5, 0.6) is 0 Å². The van der Waals surface area contributed by atoms with Crippen molar-refractivity contribution < 1.29 is 14.7 Å². The minimum Gasteiger partial charge on any atom is -0.481 e. The molecule has 20 heavy (non-hydrogen) atoms. The van der Waals surface area contributed by atoms with E-state index in [0.717, 1.165) is 5.56 Å². The van der Waals surface area contributed by atoms with Crippen LogP contribution in [-0.4, -0.2) is 23.0 Å². The van der Waals surface area contributed by atoms with Gasteiger partial charge in [0.2, 0.25) is 5.91 Å². The summed E-state index contributed by atoms with van der Waals surface area (Å²) in [6, 6.07) is 6.74. The fourth-order valence-electron chi connectivity index (χ4n) is 1.87. The zero-order valence-corrected chi connectivity index (χ0v) is 11.9. The summed E-state index contributed by atoms with van der Waals surface area (Å²) >= 11 is 5.89. The molecule has 1 rings (SSSR count). The molecule has 0 saturated heterocycles. The van der Waals surface area contributed by atoms with Crippen molar-refractivity contribution in [2.45, 2.75) is 31.7 Å². The number of rotatable bonds is 8. The molecule has 0 spiro atoms. The van der Waals surface area contributed by atoms with E-state index in [1.165, 1.54) is 0 Å². The number of carbonyl (C=O) groups is 2. The summed E-state index contributed by atoms with van der Waals surface area (Å²) in [4.78, 5) is 22.5. The molecule has 0 fully saturated rings. The van der Waals surface area contributed by atoms with Crippen molar-refractivity contribution in [2.24, 2.45) is 0 Å². The average molecular weight is 296 g/mol. The molecule has 108 valence electrons. The zero-order valence-electron chi connectivity index (χ0n) is 11.1. The Labute approximate surface area is 123 Å². The van der Waals surface area contributed by atoms with E-state index in [4.69, 9.17) is 16.7 Å². The summed E-state index contributed by atoms with van der Waals surface area (Å²) in [7, 11) is 0. The maximum absolute atomic E-state index is 11.7. The Hall–Kier alpha value is -1.81. The third-order valence-corrected chi connectivity index (χ3v) is 2.97. The van der Waals surface area contributed by atoms with Crippen molar-refractivity contribution in [2.75, 3.05) is 0 Å². The van der Waals surface area contributed by atoms with Crippen LogP contribution in [-0.2, 0) is 16.0 Å². The van der Waals surface area contributed by atoms with Crippen LogP contribution in [0.15, 0.2) is 36.9 Å². The Morgan fingerprint density at radius 2 is 2.20 bits per heavy atom. The van der Waals surface area contributed by atoms with Gasteiger partial charge in [-0.1, -0.05) is 29.8 Å². The first-order chi connectivity index (χ1) is 9.51. The fraction of sp³-hybridized carbons (Fsp3) is 0.333. The Balaban J connectivity index is 2.66. The minimum atomic E-state index is -0.943. The molecule has 0 aliphatic heterocycles. The molecule has 5 heteroatoms. The van der Waals surface area contributed by atoms with E-state index >= 15 is 0 Å². The van der Waals surface area contributed by atoms with E-state index in [-0.39, 0.29) is 12.3 Å². The first-order valence-electron chi connectivity index (χ1n) is 6.37. The number of carbonyl (C=O) groups excluding carboxylic acids is 1. The number of benzene rings is 1. The number of amides is 1. The predicted molar refractivity (Wildman–Crippen MR) is 78.8 cm³/mol. The highest BCUT2D eigenvalue weighted by molar-refractivity contribution is 6.30. The molecule has 0 saturated carbocycles. The van der Waals surface area contributed by atoms with Gasteiger partial charge in [0.05, 0.1) is 6.42 Å². The van der Waals surface area contributed by atoms with Crippen molar-refractivity contribution in [1.82, 2.24) is 5.32 Å². The molecule has 4 nitrogen and oxygen atoms in total. The zero-order chi connectivity index (χ0) is 15.0. The number of carboxylic acids is 1. The SMILES string of the molecule is C=CCCC(=O)N[C@@H](CC(=O)O)Cc1cccc(Cl)c1. The number of halogens is 1. The van der Waals surface area contributed by atoms with Crippen LogP contribution in [0.2, 0.25) is 5.02 Å². The van der Waals surface area contributed by atoms with Crippen molar-refractivity contribution >= 4 is 23.5 Å². The largest absolute Gasteiger partial charge is 0.481 e. The first kappa shape index (κ1) is 16.2. The summed E-state index contributed by atoms with van der Waals surface area (Å²) in [5.41, 5.74) is 0.896. The van der Waals surface area contributed by atoms with Gasteiger partial charge in [-0.2, -0.15) is 0 Å². The normalized spacial score (nSPS) is 11.7. The van der Waals surface area contributed by atoms with Gasteiger partial charge in [0, 0.05) is 17.5 Å². The van der Waals surface area contributed by atoms with Crippen LogP contribution < -0.4 is 5.32 Å². The van der Waals surface area contributed by atoms with Crippen LogP contribution in [0.4, 0.5) is 0 Å². The van der Waals surface area contributed by atoms with Gasteiger partial charge in [-0.25, -0.2) is 0 Å². The van der Waals surface area contributed by atoms with Gasteiger partial charge in [-0.3, -0.25) is 9.59 Å². The van der Waals surface area contributed by atoms with E-state index in [0.29, 0.717) is 24.3 Å². The summed E-state index contributed by atoms with van der Waals surface area (Å²) in [6.07, 6.45) is 2.86. The van der Waals surface area contributed by atoms with E-state index in [9.17, 15) is 9.59 Å². The molecule has 1 amide bonds. The van der Waals surface area contributed by atoms with E-state index in [1.807, 2.05) is 6.07 Å². The number of hydrogen-bond acceptors (Lipinski definition) is 2. The van der Waals surface area contributed by atoms with Crippen LogP contribution in [0.1, 0.15) is 24.8 Å². The highest BCUT2D eigenvalue weighted by atomic mass is 35.5. The van der Waals surface area contributed by atoms with Crippen molar-refractivity contribution in [1.29, 1.82) is 0 Å². The molecule has 0 aliphatic rings. The van der Waals surface area contributed by atoms with Gasteiger partial charge >= 0.3 is 5.97 Å². The molecular weight excluding hydrogens is 278 g/mol. The number of nitrogens with one attached hydrogen (secondary N) is 1. The average Bonchev–Trinajstić information content (AvgIpc) is 2.35. The molecule has 0 radical (unpaired) electrons. The van der Waals surface area contributed by atoms with Gasteiger partial charge in [-0.15, -0.1) is 6.58 Å². The predicted octanol–water partition coefficient (Wildman–Crippen LogP) is 2.81. The lowest BCUT2D eigenvalue weighted by Gasteiger charge is -2.17.